The molecule has 4 aromatic rings. The number of aliphatic carboxylic acids is 1. The Morgan fingerprint density at radius 1 is 1.08 bits per heavy atom. The van der Waals surface area contributed by atoms with Gasteiger partial charge in [-0.2, -0.15) is 0 Å². The summed E-state index contributed by atoms with van der Waals surface area (Å²) in [5, 5.41) is 12.3. The number of fused-ring (bicyclic) bond motifs is 1. The molecule has 14 heteroatoms. The van der Waals surface area contributed by atoms with Crippen molar-refractivity contribution in [2.24, 2.45) is 0 Å². The lowest BCUT2D eigenvalue weighted by Crippen LogP contribution is -2.41. The maximum absolute atomic E-state index is 15.3. The van der Waals surface area contributed by atoms with Gasteiger partial charge in [-0.3, -0.25) is 14.4 Å². The third kappa shape index (κ3) is 8.62. The van der Waals surface area contributed by atoms with Crippen LogP contribution in [-0.4, -0.2) is 53.9 Å². The van der Waals surface area contributed by atoms with E-state index in [1.807, 2.05) is 11.6 Å². The van der Waals surface area contributed by atoms with Crippen LogP contribution < -0.4 is 20.5 Å². The third-order valence-corrected chi connectivity index (χ3v) is 8.96. The highest BCUT2D eigenvalue weighted by Crippen LogP contribution is 2.24. The fourth-order valence-corrected chi connectivity index (χ4v) is 6.01. The zero-order valence-electron chi connectivity index (χ0n) is 26.5. The normalized spacial score (nSPS) is 11.8. The van der Waals surface area contributed by atoms with Crippen LogP contribution in [0, 0.1) is 38.9 Å². The number of carbonyl (C=O) groups excluding carboxylic acids is 2. The largest absolute Gasteiger partial charge is 0.480 e. The average Bonchev–Trinajstić information content (AvgIpc) is 3.00. The van der Waals surface area contributed by atoms with Gasteiger partial charge in [-0.1, -0.05) is 23.6 Å². The molecule has 12 nitrogen and oxygen atoms in total. The first-order valence-electron chi connectivity index (χ1n) is 14.8. The van der Waals surface area contributed by atoms with E-state index >= 15 is 4.39 Å². The molecule has 0 fully saturated rings. The van der Waals surface area contributed by atoms with Gasteiger partial charge in [0.05, 0.1) is 27.9 Å². The van der Waals surface area contributed by atoms with Crippen LogP contribution in [0.1, 0.15) is 52.1 Å². The summed E-state index contributed by atoms with van der Waals surface area (Å²) in [5.41, 5.74) is 2.60. The number of rotatable bonds is 13. The number of anilines is 1. The highest BCUT2D eigenvalue weighted by atomic mass is 32.2. The van der Waals surface area contributed by atoms with Crippen molar-refractivity contribution in [1.29, 1.82) is 0 Å². The Kier molecular flexibility index (Phi) is 11.0. The van der Waals surface area contributed by atoms with Gasteiger partial charge in [-0.05, 0) is 87.2 Å². The summed E-state index contributed by atoms with van der Waals surface area (Å²) in [6.07, 6.45) is 4.95. The number of hydrogen-bond acceptors (Lipinski definition) is 8. The van der Waals surface area contributed by atoms with Gasteiger partial charge in [-0.15, -0.1) is 6.42 Å². The molecule has 0 aliphatic rings. The first kappa shape index (κ1) is 35.3. The number of amides is 2. The molecule has 1 atom stereocenters. The fraction of sp³-hybridized carbons (Fsp3) is 0.265. The average molecular weight is 676 g/mol. The molecule has 3 aromatic carbocycles. The van der Waals surface area contributed by atoms with E-state index < -0.39 is 45.2 Å². The summed E-state index contributed by atoms with van der Waals surface area (Å²) in [7, 11) is -4.11. The molecule has 4 rings (SSSR count). The van der Waals surface area contributed by atoms with E-state index in [0.29, 0.717) is 22.4 Å². The van der Waals surface area contributed by atoms with Crippen LogP contribution in [-0.2, 0) is 26.2 Å². The molecule has 0 aliphatic heterocycles. The minimum absolute atomic E-state index is 0.0753. The van der Waals surface area contributed by atoms with Crippen molar-refractivity contribution in [1.82, 2.24) is 20.0 Å². The van der Waals surface area contributed by atoms with E-state index in [-0.39, 0.29) is 42.8 Å². The number of benzene rings is 3. The minimum atomic E-state index is -4.11. The Morgan fingerprint density at radius 3 is 2.44 bits per heavy atom. The fourth-order valence-electron chi connectivity index (χ4n) is 5.00. The predicted molar refractivity (Wildman–Crippen MR) is 177 cm³/mol. The van der Waals surface area contributed by atoms with E-state index in [4.69, 9.17) is 6.42 Å². The maximum Gasteiger partial charge on any atom is 0.326 e. The van der Waals surface area contributed by atoms with Gasteiger partial charge in [0.2, 0.25) is 5.91 Å². The molecule has 0 aliphatic carbocycles. The lowest BCUT2D eigenvalue weighted by molar-refractivity contribution is -0.139. The van der Waals surface area contributed by atoms with Crippen LogP contribution in [0.15, 0.2) is 64.3 Å². The predicted octanol–water partition coefficient (Wildman–Crippen LogP) is 3.49. The molecular weight excluding hydrogens is 641 g/mol. The van der Waals surface area contributed by atoms with Crippen molar-refractivity contribution in [2.45, 2.75) is 57.5 Å². The topological polar surface area (TPSA) is 179 Å². The van der Waals surface area contributed by atoms with Crippen LogP contribution in [0.4, 0.5) is 10.1 Å². The summed E-state index contributed by atoms with van der Waals surface area (Å²) in [4.78, 5) is 58.2. The number of carbonyl (C=O) groups is 3. The van der Waals surface area contributed by atoms with Crippen LogP contribution in [0.2, 0.25) is 0 Å². The van der Waals surface area contributed by atoms with Gasteiger partial charge < -0.3 is 20.3 Å². The smallest absolute Gasteiger partial charge is 0.326 e. The third-order valence-electron chi connectivity index (χ3n) is 7.57. The van der Waals surface area contributed by atoms with Crippen LogP contribution in [0.5, 0.6) is 0 Å². The van der Waals surface area contributed by atoms with Crippen LogP contribution in [0.3, 0.4) is 0 Å². The van der Waals surface area contributed by atoms with Crippen molar-refractivity contribution >= 4 is 44.4 Å². The zero-order valence-corrected chi connectivity index (χ0v) is 27.3. The SMILES string of the molecule is C#CCN(Cc1cc2c(=O)[nH]c(C)nc2cc1C)c1ccc(C(=O)N[C@H](CCCC(=O)NS(=O)(=O)c2ccc(C)cc2)C(=O)O)c(F)c1. The number of halogens is 1. The number of carboxylic acid groups (broad SMARTS) is 1. The summed E-state index contributed by atoms with van der Waals surface area (Å²) < 4.78 is 42.1. The molecule has 0 spiro atoms. The zero-order chi connectivity index (χ0) is 35.2. The summed E-state index contributed by atoms with van der Waals surface area (Å²) in [5.74, 6) is -1.17. The second-order valence-electron chi connectivity index (χ2n) is 11.3. The lowest BCUT2D eigenvalue weighted by Gasteiger charge is -2.24. The molecule has 2 amide bonds. The molecule has 0 unspecified atom stereocenters. The first-order chi connectivity index (χ1) is 22.7. The number of H-pyrrole nitrogens is 1. The maximum atomic E-state index is 15.3. The molecule has 0 radical (unpaired) electrons. The van der Waals surface area contributed by atoms with Gasteiger partial charge in [0.1, 0.15) is 17.7 Å². The molecule has 1 heterocycles. The molecule has 0 bridgehead atoms. The first-order valence-corrected chi connectivity index (χ1v) is 16.3. The molecular formula is C34H34FN5O7S. The molecule has 250 valence electrons. The Morgan fingerprint density at radius 2 is 1.79 bits per heavy atom. The van der Waals surface area contributed by atoms with Crippen molar-refractivity contribution in [3.8, 4) is 12.3 Å². The van der Waals surface area contributed by atoms with Crippen molar-refractivity contribution in [2.75, 3.05) is 11.4 Å². The quantitative estimate of drug-likeness (QED) is 0.154. The number of aromatic nitrogens is 2. The van der Waals surface area contributed by atoms with Gasteiger partial charge in [0.15, 0.2) is 0 Å². The van der Waals surface area contributed by atoms with Crippen molar-refractivity contribution in [3.05, 3.63) is 98.8 Å². The number of nitrogens with one attached hydrogen (secondary N) is 3. The lowest BCUT2D eigenvalue weighted by atomic mass is 10.0. The standard InChI is InChI=1S/C34H34FN5O7S/c1-5-15-40(19-23-17-27-30(16-21(23)3)36-22(4)37-33(27)43)24-11-14-26(28(35)18-24)32(42)38-29(34(44)45)7-6-8-31(41)39-48(46,47)25-12-9-20(2)10-13-25/h1,9-14,16-18,29H,6-8,15,19H2,2-4H3,(H,38,42)(H,39,41)(H,44,45)(H,36,37,43)/t29-/m1/s1. The molecule has 48 heavy (non-hydrogen) atoms. The van der Waals surface area contributed by atoms with E-state index in [1.54, 1.807) is 43.0 Å². The highest BCUT2D eigenvalue weighted by molar-refractivity contribution is 7.90. The molecule has 1 aromatic heterocycles. The van der Waals surface area contributed by atoms with Gasteiger partial charge in [-0.25, -0.2) is 27.3 Å². The Hall–Kier alpha value is -5.55. The number of aromatic amines is 1. The van der Waals surface area contributed by atoms with E-state index in [1.165, 1.54) is 24.3 Å². The number of sulfonamides is 1. The summed E-state index contributed by atoms with van der Waals surface area (Å²) in [6.45, 7) is 5.61. The van der Waals surface area contributed by atoms with Gasteiger partial charge >= 0.3 is 5.97 Å². The number of aryl methyl sites for hydroxylation is 3. The van der Waals surface area contributed by atoms with Crippen LogP contribution >= 0.6 is 0 Å². The second-order valence-corrected chi connectivity index (χ2v) is 13.0. The van der Waals surface area contributed by atoms with E-state index in [9.17, 15) is 32.7 Å². The number of terminal acetylenes is 1. The minimum Gasteiger partial charge on any atom is -0.480 e. The second kappa shape index (κ2) is 14.9. The Labute approximate surface area is 276 Å². The van der Waals surface area contributed by atoms with Crippen molar-refractivity contribution < 1.29 is 32.3 Å². The van der Waals surface area contributed by atoms with Gasteiger partial charge in [0.25, 0.3) is 21.5 Å². The molecule has 0 saturated carbocycles. The van der Waals surface area contributed by atoms with Crippen molar-refractivity contribution in [3.63, 3.8) is 0 Å². The van der Waals surface area contributed by atoms with E-state index in [0.717, 1.165) is 22.8 Å². The van der Waals surface area contributed by atoms with Crippen LogP contribution in [0.25, 0.3) is 10.9 Å². The highest BCUT2D eigenvalue weighted by Gasteiger charge is 2.24. The summed E-state index contributed by atoms with van der Waals surface area (Å²) >= 11 is 0. The number of hydrogen-bond donors (Lipinski definition) is 4. The van der Waals surface area contributed by atoms with Gasteiger partial charge in [0, 0.05) is 18.7 Å². The number of nitrogens with zero attached hydrogens (tertiary/aromatic N) is 2. The monoisotopic (exact) mass is 675 g/mol. The van der Waals surface area contributed by atoms with E-state index in [2.05, 4.69) is 21.2 Å². The number of carboxylic acids is 1. The molecule has 0 saturated heterocycles. The Bertz CT molecular complexity index is 2090. The molecule has 4 N–H and O–H groups in total. The Balaban J connectivity index is 1.41. The summed E-state index contributed by atoms with van der Waals surface area (Å²) in [6, 6.07) is 11.7.